The highest BCUT2D eigenvalue weighted by Gasteiger charge is 2.08. The fourth-order valence-electron chi connectivity index (χ4n) is 1.75. The van der Waals surface area contributed by atoms with Crippen molar-refractivity contribution in [2.45, 2.75) is 6.92 Å². The highest BCUT2D eigenvalue weighted by molar-refractivity contribution is 6.30. The minimum Gasteiger partial charge on any atom is -0.322 e. The van der Waals surface area contributed by atoms with Gasteiger partial charge in [0, 0.05) is 28.7 Å². The third kappa shape index (κ3) is 4.06. The number of nitrogens with two attached hydrogens (primary N) is 1. The van der Waals surface area contributed by atoms with Crippen molar-refractivity contribution in [3.05, 3.63) is 58.4 Å². The zero-order chi connectivity index (χ0) is 15.2. The van der Waals surface area contributed by atoms with Crippen LogP contribution in [0.1, 0.15) is 21.5 Å². The highest BCUT2D eigenvalue weighted by Crippen LogP contribution is 2.20. The van der Waals surface area contributed by atoms with Crippen molar-refractivity contribution in [1.29, 1.82) is 0 Å². The maximum Gasteiger partial charge on any atom is 0.257 e. The maximum atomic E-state index is 12.2. The molecule has 2 aromatic rings. The van der Waals surface area contributed by atoms with Crippen molar-refractivity contribution in [2.75, 3.05) is 11.9 Å². The minimum atomic E-state index is -0.246. The van der Waals surface area contributed by atoms with Gasteiger partial charge in [-0.2, -0.15) is 0 Å². The first kappa shape index (κ1) is 15.0. The molecule has 0 unspecified atom stereocenters. The molecule has 1 heterocycles. The van der Waals surface area contributed by atoms with Crippen LogP contribution in [0.4, 0.5) is 5.69 Å². The molecule has 0 spiro atoms. The summed E-state index contributed by atoms with van der Waals surface area (Å²) in [4.78, 5) is 16.2. The molecule has 1 aromatic heterocycles. The molecule has 0 saturated carbocycles. The molecule has 0 saturated heterocycles. The van der Waals surface area contributed by atoms with Gasteiger partial charge in [0.1, 0.15) is 0 Å². The van der Waals surface area contributed by atoms with Crippen LogP contribution >= 0.6 is 11.6 Å². The van der Waals surface area contributed by atoms with Gasteiger partial charge in [0.05, 0.1) is 12.1 Å². The number of benzene rings is 1. The smallest absolute Gasteiger partial charge is 0.257 e. The Balaban J connectivity index is 2.20. The first-order chi connectivity index (χ1) is 10.1. The molecule has 0 radical (unpaired) electrons. The van der Waals surface area contributed by atoms with E-state index in [1.54, 1.807) is 30.5 Å². The Kier molecular flexibility index (Phi) is 4.94. The van der Waals surface area contributed by atoms with Gasteiger partial charge in [0.25, 0.3) is 5.91 Å². The topological polar surface area (TPSA) is 68.0 Å². The predicted octanol–water partition coefficient (Wildman–Crippen LogP) is 2.61. The molecule has 0 aliphatic rings. The Hall–Kier alpha value is -2.35. The van der Waals surface area contributed by atoms with Crippen molar-refractivity contribution < 1.29 is 4.79 Å². The molecule has 4 nitrogen and oxygen atoms in total. The summed E-state index contributed by atoms with van der Waals surface area (Å²) in [5.41, 5.74) is 8.02. The van der Waals surface area contributed by atoms with E-state index in [9.17, 15) is 4.79 Å². The maximum absolute atomic E-state index is 12.2. The highest BCUT2D eigenvalue weighted by atomic mass is 35.5. The number of hydrogen-bond donors (Lipinski definition) is 2. The molecule has 0 aliphatic heterocycles. The van der Waals surface area contributed by atoms with E-state index in [1.807, 2.05) is 6.92 Å². The molecule has 0 aliphatic carbocycles. The number of hydrogen-bond acceptors (Lipinski definition) is 3. The van der Waals surface area contributed by atoms with Crippen molar-refractivity contribution in [3.8, 4) is 11.8 Å². The summed E-state index contributed by atoms with van der Waals surface area (Å²) in [6.07, 6.45) is 3.08. The minimum absolute atomic E-state index is 0.246. The Morgan fingerprint density at radius 3 is 2.90 bits per heavy atom. The summed E-state index contributed by atoms with van der Waals surface area (Å²) in [5.74, 6) is 5.33. The zero-order valence-corrected chi connectivity index (χ0v) is 12.2. The molecule has 5 heteroatoms. The van der Waals surface area contributed by atoms with Gasteiger partial charge < -0.3 is 11.1 Å². The Morgan fingerprint density at radius 2 is 2.19 bits per heavy atom. The molecule has 3 N–H and O–H groups in total. The monoisotopic (exact) mass is 299 g/mol. The second kappa shape index (κ2) is 6.89. The zero-order valence-electron chi connectivity index (χ0n) is 11.5. The van der Waals surface area contributed by atoms with Crippen LogP contribution in [0.2, 0.25) is 5.02 Å². The van der Waals surface area contributed by atoms with Crippen molar-refractivity contribution >= 4 is 23.2 Å². The lowest BCUT2D eigenvalue weighted by molar-refractivity contribution is 0.102. The Morgan fingerprint density at radius 1 is 1.38 bits per heavy atom. The molecular weight excluding hydrogens is 286 g/mol. The van der Waals surface area contributed by atoms with Gasteiger partial charge in [0.2, 0.25) is 0 Å². The van der Waals surface area contributed by atoms with Gasteiger partial charge in [-0.3, -0.25) is 9.78 Å². The number of carbonyl (C=O) groups excluding carboxylic acids is 1. The number of pyridine rings is 1. The van der Waals surface area contributed by atoms with Crippen LogP contribution in [0.3, 0.4) is 0 Å². The first-order valence-electron chi connectivity index (χ1n) is 6.31. The van der Waals surface area contributed by atoms with Crippen LogP contribution in [0.25, 0.3) is 0 Å². The molecule has 21 heavy (non-hydrogen) atoms. The van der Waals surface area contributed by atoms with Crippen LogP contribution in [0.5, 0.6) is 0 Å². The van der Waals surface area contributed by atoms with Crippen molar-refractivity contribution in [1.82, 2.24) is 4.98 Å². The van der Waals surface area contributed by atoms with E-state index >= 15 is 0 Å². The summed E-state index contributed by atoms with van der Waals surface area (Å²) in [6.45, 7) is 2.14. The van der Waals surface area contributed by atoms with E-state index < -0.39 is 0 Å². The third-order valence-electron chi connectivity index (χ3n) is 2.77. The average Bonchev–Trinajstić information content (AvgIpc) is 2.48. The van der Waals surface area contributed by atoms with Gasteiger partial charge in [-0.25, -0.2) is 0 Å². The standard InChI is InChI=1S/C16H14ClN3O/c1-11-7-14(17)4-5-15(11)20-16(21)13-8-12(3-2-6-18)9-19-10-13/h4-5,7-10H,6,18H2,1H3,(H,20,21). The van der Waals surface area contributed by atoms with Gasteiger partial charge in [0.15, 0.2) is 0 Å². The molecule has 106 valence electrons. The Bertz CT molecular complexity index is 732. The van der Waals surface area contributed by atoms with E-state index in [0.29, 0.717) is 21.8 Å². The summed E-state index contributed by atoms with van der Waals surface area (Å²) in [5, 5.41) is 3.46. The average molecular weight is 300 g/mol. The number of carbonyl (C=O) groups is 1. The van der Waals surface area contributed by atoms with Crippen LogP contribution in [-0.4, -0.2) is 17.4 Å². The fourth-order valence-corrected chi connectivity index (χ4v) is 1.97. The molecular formula is C16H14ClN3O. The molecule has 0 atom stereocenters. The number of nitrogens with one attached hydrogen (secondary N) is 1. The van der Waals surface area contributed by atoms with E-state index in [-0.39, 0.29) is 12.5 Å². The lowest BCUT2D eigenvalue weighted by Crippen LogP contribution is -2.13. The molecule has 2 rings (SSSR count). The molecule has 0 bridgehead atoms. The Labute approximate surface area is 128 Å². The van der Waals surface area contributed by atoms with Crippen LogP contribution in [-0.2, 0) is 0 Å². The summed E-state index contributed by atoms with van der Waals surface area (Å²) < 4.78 is 0. The lowest BCUT2D eigenvalue weighted by atomic mass is 10.1. The quantitative estimate of drug-likeness (QED) is 0.838. The number of halogens is 1. The van der Waals surface area contributed by atoms with E-state index in [4.69, 9.17) is 17.3 Å². The van der Waals surface area contributed by atoms with Gasteiger partial charge in [-0.1, -0.05) is 23.4 Å². The van der Waals surface area contributed by atoms with E-state index in [2.05, 4.69) is 22.1 Å². The number of amides is 1. The fraction of sp³-hybridized carbons (Fsp3) is 0.125. The van der Waals surface area contributed by atoms with Gasteiger partial charge in [-0.05, 0) is 36.8 Å². The first-order valence-corrected chi connectivity index (χ1v) is 6.69. The van der Waals surface area contributed by atoms with Crippen LogP contribution in [0.15, 0.2) is 36.7 Å². The predicted molar refractivity (Wildman–Crippen MR) is 84.3 cm³/mol. The van der Waals surface area contributed by atoms with Crippen LogP contribution in [0, 0.1) is 18.8 Å². The second-order valence-corrected chi connectivity index (χ2v) is 4.82. The van der Waals surface area contributed by atoms with Crippen molar-refractivity contribution in [3.63, 3.8) is 0 Å². The van der Waals surface area contributed by atoms with Gasteiger partial charge in [-0.15, -0.1) is 0 Å². The van der Waals surface area contributed by atoms with Crippen LogP contribution < -0.4 is 11.1 Å². The molecule has 1 aromatic carbocycles. The van der Waals surface area contributed by atoms with Gasteiger partial charge >= 0.3 is 0 Å². The molecule has 0 fully saturated rings. The summed E-state index contributed by atoms with van der Waals surface area (Å²) in [6, 6.07) is 6.96. The van der Waals surface area contributed by atoms with E-state index in [1.165, 1.54) is 6.20 Å². The molecule has 1 amide bonds. The number of nitrogens with zero attached hydrogens (tertiary/aromatic N) is 1. The summed E-state index contributed by atoms with van der Waals surface area (Å²) in [7, 11) is 0. The summed E-state index contributed by atoms with van der Waals surface area (Å²) >= 11 is 5.89. The van der Waals surface area contributed by atoms with E-state index in [0.717, 1.165) is 5.56 Å². The van der Waals surface area contributed by atoms with Crippen molar-refractivity contribution in [2.24, 2.45) is 5.73 Å². The third-order valence-corrected chi connectivity index (χ3v) is 3.01. The number of anilines is 1. The lowest BCUT2D eigenvalue weighted by Gasteiger charge is -2.08. The number of aromatic nitrogens is 1. The number of rotatable bonds is 2. The number of aryl methyl sites for hydroxylation is 1. The normalized spacial score (nSPS) is 9.67. The second-order valence-electron chi connectivity index (χ2n) is 4.38. The largest absolute Gasteiger partial charge is 0.322 e. The SMILES string of the molecule is Cc1cc(Cl)ccc1NC(=O)c1cncc(C#CCN)c1.